The van der Waals surface area contributed by atoms with Gasteiger partial charge in [0.1, 0.15) is 12.0 Å². The maximum absolute atomic E-state index is 12.2. The molecular weight excluding hydrogens is 336 g/mol. The van der Waals surface area contributed by atoms with Crippen molar-refractivity contribution in [3.8, 4) is 17.5 Å². The molecule has 3 aromatic rings. The molecule has 3 rings (SSSR count). The normalized spacial score (nSPS) is 10.2. The summed E-state index contributed by atoms with van der Waals surface area (Å²) in [5, 5.41) is 13.5. The lowest BCUT2D eigenvalue weighted by molar-refractivity contribution is 0.0528. The van der Waals surface area contributed by atoms with Crippen LogP contribution in [0.2, 0.25) is 0 Å². The number of nitriles is 1. The number of anilines is 1. The van der Waals surface area contributed by atoms with Gasteiger partial charge in [-0.05, 0) is 19.1 Å². The van der Waals surface area contributed by atoms with Gasteiger partial charge in [0.2, 0.25) is 0 Å². The zero-order valence-corrected chi connectivity index (χ0v) is 13.7. The van der Waals surface area contributed by atoms with Crippen molar-refractivity contribution in [3.63, 3.8) is 0 Å². The SMILES string of the molecule is CCOC(=O)c1c[nH]c2ncnc(-c3cccc(NC(=O)NC#N)c3)c12. The molecule has 0 aliphatic heterocycles. The Labute approximate surface area is 148 Å². The second kappa shape index (κ2) is 7.31. The lowest BCUT2D eigenvalue weighted by Crippen LogP contribution is -2.23. The number of fused-ring (bicyclic) bond motifs is 1. The lowest BCUT2D eigenvalue weighted by atomic mass is 10.1. The average molecular weight is 350 g/mol. The molecule has 0 unspecified atom stereocenters. The monoisotopic (exact) mass is 350 g/mol. The minimum Gasteiger partial charge on any atom is -0.462 e. The lowest BCUT2D eigenvalue weighted by Gasteiger charge is -2.08. The third kappa shape index (κ3) is 3.29. The number of nitrogens with one attached hydrogen (secondary N) is 3. The van der Waals surface area contributed by atoms with Crippen LogP contribution in [0.4, 0.5) is 10.5 Å². The Balaban J connectivity index is 2.06. The number of nitrogens with zero attached hydrogens (tertiary/aromatic N) is 3. The maximum atomic E-state index is 12.2. The molecule has 2 aromatic heterocycles. The number of esters is 1. The highest BCUT2D eigenvalue weighted by Gasteiger charge is 2.19. The highest BCUT2D eigenvalue weighted by molar-refractivity contribution is 6.08. The summed E-state index contributed by atoms with van der Waals surface area (Å²) < 4.78 is 5.08. The van der Waals surface area contributed by atoms with Crippen molar-refractivity contribution in [2.24, 2.45) is 0 Å². The Morgan fingerprint density at radius 1 is 1.35 bits per heavy atom. The number of amides is 2. The van der Waals surface area contributed by atoms with Gasteiger partial charge in [0.25, 0.3) is 0 Å². The summed E-state index contributed by atoms with van der Waals surface area (Å²) in [6.45, 7) is 1.98. The number of ether oxygens (including phenoxy) is 1. The van der Waals surface area contributed by atoms with Gasteiger partial charge in [0.05, 0.1) is 23.3 Å². The smallest absolute Gasteiger partial charge is 0.340 e. The number of H-pyrrole nitrogens is 1. The number of hydrogen-bond donors (Lipinski definition) is 3. The molecule has 2 heterocycles. The average Bonchev–Trinajstić information content (AvgIpc) is 3.06. The highest BCUT2D eigenvalue weighted by Crippen LogP contribution is 2.30. The Hall–Kier alpha value is -3.93. The number of hydrogen-bond acceptors (Lipinski definition) is 6. The standard InChI is InChI=1S/C17H14N6O3/c1-2-26-16(24)12-7-19-15-13(12)14(21-9-22-15)10-4-3-5-11(6-10)23-17(25)20-8-18/h3-7,9H,2H2,1H3,(H,19,21,22)(H2,20,23,25). The predicted octanol–water partition coefficient (Wildman–Crippen LogP) is 2.40. The number of urea groups is 1. The minimum absolute atomic E-state index is 0.252. The molecule has 0 radical (unpaired) electrons. The largest absolute Gasteiger partial charge is 0.462 e. The number of aromatic amines is 1. The molecule has 3 N–H and O–H groups in total. The molecule has 0 fully saturated rings. The fraction of sp³-hybridized carbons (Fsp3) is 0.118. The number of carbonyl (C=O) groups is 2. The van der Waals surface area contributed by atoms with Crippen molar-refractivity contribution in [1.82, 2.24) is 20.3 Å². The van der Waals surface area contributed by atoms with Crippen molar-refractivity contribution in [2.45, 2.75) is 6.92 Å². The second-order valence-electron chi connectivity index (χ2n) is 5.14. The number of carbonyl (C=O) groups excluding carboxylic acids is 2. The van der Waals surface area contributed by atoms with Crippen LogP contribution in [-0.4, -0.2) is 33.6 Å². The Morgan fingerprint density at radius 2 is 2.19 bits per heavy atom. The molecule has 1 aromatic carbocycles. The zero-order chi connectivity index (χ0) is 18.5. The molecule has 0 aliphatic carbocycles. The first-order valence-corrected chi connectivity index (χ1v) is 7.69. The molecule has 0 bridgehead atoms. The van der Waals surface area contributed by atoms with E-state index in [1.807, 2.05) is 5.32 Å². The van der Waals surface area contributed by atoms with Gasteiger partial charge in [0, 0.05) is 17.4 Å². The van der Waals surface area contributed by atoms with Crippen LogP contribution in [0.15, 0.2) is 36.8 Å². The second-order valence-corrected chi connectivity index (χ2v) is 5.14. The number of aromatic nitrogens is 3. The molecule has 130 valence electrons. The summed E-state index contributed by atoms with van der Waals surface area (Å²) in [5.41, 5.74) is 2.48. The summed E-state index contributed by atoms with van der Waals surface area (Å²) >= 11 is 0. The Kier molecular flexibility index (Phi) is 4.76. The number of benzene rings is 1. The predicted molar refractivity (Wildman–Crippen MR) is 93.0 cm³/mol. The third-order valence-corrected chi connectivity index (χ3v) is 3.53. The van der Waals surface area contributed by atoms with Gasteiger partial charge in [-0.15, -0.1) is 0 Å². The first-order valence-electron chi connectivity index (χ1n) is 7.69. The first-order chi connectivity index (χ1) is 12.6. The fourth-order valence-corrected chi connectivity index (χ4v) is 2.51. The number of rotatable bonds is 4. The molecule has 0 atom stereocenters. The minimum atomic E-state index is -0.647. The van der Waals surface area contributed by atoms with Gasteiger partial charge >= 0.3 is 12.0 Å². The highest BCUT2D eigenvalue weighted by atomic mass is 16.5. The Morgan fingerprint density at radius 3 is 2.96 bits per heavy atom. The van der Waals surface area contributed by atoms with Crippen LogP contribution in [-0.2, 0) is 4.74 Å². The molecule has 2 amide bonds. The quantitative estimate of drug-likeness (QED) is 0.376. The first kappa shape index (κ1) is 16.9. The molecule has 0 aliphatic rings. The van der Waals surface area contributed by atoms with Crippen LogP contribution in [0.3, 0.4) is 0 Å². The van der Waals surface area contributed by atoms with E-state index < -0.39 is 12.0 Å². The van der Waals surface area contributed by atoms with Crippen LogP contribution in [0.25, 0.3) is 22.3 Å². The van der Waals surface area contributed by atoms with Gasteiger partial charge in [-0.1, -0.05) is 12.1 Å². The van der Waals surface area contributed by atoms with E-state index in [-0.39, 0.29) is 6.61 Å². The van der Waals surface area contributed by atoms with E-state index in [1.54, 1.807) is 37.4 Å². The van der Waals surface area contributed by atoms with Gasteiger partial charge in [-0.3, -0.25) is 0 Å². The summed E-state index contributed by atoms with van der Waals surface area (Å²) in [4.78, 5) is 35.1. The topological polar surface area (TPSA) is 133 Å². The molecule has 9 heteroatoms. The van der Waals surface area contributed by atoms with Gasteiger partial charge < -0.3 is 15.0 Å². The van der Waals surface area contributed by atoms with Crippen molar-refractivity contribution in [3.05, 3.63) is 42.4 Å². The van der Waals surface area contributed by atoms with E-state index in [9.17, 15) is 9.59 Å². The van der Waals surface area contributed by atoms with Crippen LogP contribution >= 0.6 is 0 Å². The summed E-state index contributed by atoms with van der Waals surface area (Å²) in [6.07, 6.45) is 4.46. The van der Waals surface area contributed by atoms with Crippen molar-refractivity contribution >= 4 is 28.7 Å². The maximum Gasteiger partial charge on any atom is 0.340 e. The van der Waals surface area contributed by atoms with E-state index >= 15 is 0 Å². The summed E-state index contributed by atoms with van der Waals surface area (Å²) in [6, 6.07) is 6.22. The van der Waals surface area contributed by atoms with E-state index in [2.05, 4.69) is 20.3 Å². The van der Waals surface area contributed by atoms with E-state index in [4.69, 9.17) is 10.00 Å². The van der Waals surface area contributed by atoms with Gasteiger partial charge in [-0.2, -0.15) is 5.26 Å². The van der Waals surface area contributed by atoms with Crippen LogP contribution in [0, 0.1) is 11.5 Å². The fourth-order valence-electron chi connectivity index (χ4n) is 2.51. The Bertz CT molecular complexity index is 1020. The zero-order valence-electron chi connectivity index (χ0n) is 13.7. The van der Waals surface area contributed by atoms with Gasteiger partial charge in [0.15, 0.2) is 6.19 Å². The van der Waals surface area contributed by atoms with Crippen LogP contribution in [0.1, 0.15) is 17.3 Å². The van der Waals surface area contributed by atoms with E-state index in [1.165, 1.54) is 12.5 Å². The van der Waals surface area contributed by atoms with Crippen LogP contribution < -0.4 is 10.6 Å². The molecular formula is C17H14N6O3. The van der Waals surface area contributed by atoms with E-state index in [0.717, 1.165) is 0 Å². The molecule has 0 saturated carbocycles. The summed E-state index contributed by atoms with van der Waals surface area (Å²) in [5.74, 6) is -0.475. The molecule has 0 saturated heterocycles. The van der Waals surface area contributed by atoms with Crippen molar-refractivity contribution in [2.75, 3.05) is 11.9 Å². The summed E-state index contributed by atoms with van der Waals surface area (Å²) in [7, 11) is 0. The third-order valence-electron chi connectivity index (χ3n) is 3.53. The van der Waals surface area contributed by atoms with Crippen molar-refractivity contribution in [1.29, 1.82) is 5.26 Å². The van der Waals surface area contributed by atoms with E-state index in [0.29, 0.717) is 33.5 Å². The van der Waals surface area contributed by atoms with Crippen LogP contribution in [0.5, 0.6) is 0 Å². The molecule has 9 nitrogen and oxygen atoms in total. The molecule has 0 spiro atoms. The van der Waals surface area contributed by atoms with Crippen molar-refractivity contribution < 1.29 is 14.3 Å². The van der Waals surface area contributed by atoms with Gasteiger partial charge in [-0.25, -0.2) is 24.9 Å². The molecule has 26 heavy (non-hydrogen) atoms.